The molecule has 0 aliphatic heterocycles. The van der Waals surface area contributed by atoms with Crippen molar-refractivity contribution in [3.63, 3.8) is 0 Å². The van der Waals surface area contributed by atoms with E-state index in [2.05, 4.69) is 108 Å². The fourth-order valence-corrected chi connectivity index (χ4v) is 10.3. The van der Waals surface area contributed by atoms with E-state index in [1.54, 1.807) is 0 Å². The summed E-state index contributed by atoms with van der Waals surface area (Å²) in [4.78, 5) is 25.0. The van der Waals surface area contributed by atoms with E-state index in [1.807, 2.05) is 108 Å². The Morgan fingerprint density at radius 1 is 0.283 bits per heavy atom. The SMILES string of the molecule is c1ccc(-c2nc(-c3ccc(-c4ncc5ccccc5n4)cc3)nc(-c3cc(-c4ccc5sc6ccccc6c5c4)cc(-c4ccc5sc6ccccc6c5c4)c3)n2)cc1. The molecule has 0 radical (unpaired) electrons. The van der Waals surface area contributed by atoms with Gasteiger partial charge in [0.05, 0.1) is 5.52 Å². The van der Waals surface area contributed by atoms with Crippen molar-refractivity contribution in [3.05, 3.63) is 188 Å². The second kappa shape index (κ2) is 14.1. The van der Waals surface area contributed by atoms with E-state index in [0.29, 0.717) is 23.3 Å². The number of fused-ring (bicyclic) bond motifs is 7. The molecule has 0 fully saturated rings. The number of nitrogens with zero attached hydrogens (tertiary/aromatic N) is 5. The summed E-state index contributed by atoms with van der Waals surface area (Å²) in [7, 11) is 0. The molecule has 4 heterocycles. The van der Waals surface area contributed by atoms with E-state index >= 15 is 0 Å². The molecular weight excluding hydrogens is 771 g/mol. The van der Waals surface area contributed by atoms with Gasteiger partial charge in [0, 0.05) is 74.2 Å². The lowest BCUT2D eigenvalue weighted by atomic mass is 9.94. The Morgan fingerprint density at radius 2 is 0.733 bits per heavy atom. The van der Waals surface area contributed by atoms with E-state index in [-0.39, 0.29) is 0 Å². The Labute approximate surface area is 353 Å². The summed E-state index contributed by atoms with van der Waals surface area (Å²) < 4.78 is 5.14. The lowest BCUT2D eigenvalue weighted by Crippen LogP contribution is -2.00. The van der Waals surface area contributed by atoms with Crippen LogP contribution in [0.4, 0.5) is 0 Å². The van der Waals surface area contributed by atoms with Crippen LogP contribution in [0.1, 0.15) is 0 Å². The number of benzene rings is 8. The molecule has 60 heavy (non-hydrogen) atoms. The topological polar surface area (TPSA) is 64.5 Å². The molecule has 5 nitrogen and oxygen atoms in total. The minimum Gasteiger partial charge on any atom is -0.236 e. The third-order valence-corrected chi connectivity index (χ3v) is 13.5. The minimum absolute atomic E-state index is 0.592. The van der Waals surface area contributed by atoms with Crippen molar-refractivity contribution in [1.29, 1.82) is 0 Å². The number of para-hydroxylation sites is 1. The highest BCUT2D eigenvalue weighted by Crippen LogP contribution is 2.41. The molecule has 0 saturated heterocycles. The van der Waals surface area contributed by atoms with E-state index in [1.165, 1.54) is 40.3 Å². The molecule has 12 rings (SSSR count). The average molecular weight is 802 g/mol. The Morgan fingerprint density at radius 3 is 1.35 bits per heavy atom. The summed E-state index contributed by atoms with van der Waals surface area (Å²) in [6.07, 6.45) is 1.87. The second-order valence-electron chi connectivity index (χ2n) is 14.9. The first-order valence-electron chi connectivity index (χ1n) is 19.8. The Kier molecular flexibility index (Phi) is 8.14. The Balaban J connectivity index is 1.03. The van der Waals surface area contributed by atoms with Gasteiger partial charge in [-0.2, -0.15) is 0 Å². The first-order chi connectivity index (χ1) is 29.7. The summed E-state index contributed by atoms with van der Waals surface area (Å²) in [5, 5.41) is 6.09. The zero-order valence-corrected chi connectivity index (χ0v) is 33.6. The maximum absolute atomic E-state index is 5.23. The third-order valence-electron chi connectivity index (χ3n) is 11.2. The molecule has 8 aromatic carbocycles. The van der Waals surface area contributed by atoms with Crippen molar-refractivity contribution in [2.24, 2.45) is 0 Å². The van der Waals surface area contributed by atoms with Gasteiger partial charge in [0.25, 0.3) is 0 Å². The fraction of sp³-hybridized carbons (Fsp3) is 0. The van der Waals surface area contributed by atoms with Gasteiger partial charge in [0.15, 0.2) is 23.3 Å². The predicted octanol–water partition coefficient (Wildman–Crippen LogP) is 14.6. The molecule has 0 spiro atoms. The van der Waals surface area contributed by atoms with E-state index in [9.17, 15) is 0 Å². The second-order valence-corrected chi connectivity index (χ2v) is 17.1. The predicted molar refractivity (Wildman–Crippen MR) is 251 cm³/mol. The first kappa shape index (κ1) is 34.6. The van der Waals surface area contributed by atoms with Gasteiger partial charge in [0.1, 0.15) is 0 Å². The van der Waals surface area contributed by atoms with Crippen molar-refractivity contribution < 1.29 is 0 Å². The number of hydrogen-bond donors (Lipinski definition) is 0. The number of hydrogen-bond acceptors (Lipinski definition) is 7. The van der Waals surface area contributed by atoms with Crippen LogP contribution in [0, 0.1) is 0 Å². The minimum atomic E-state index is 0.592. The van der Waals surface area contributed by atoms with Crippen LogP contribution in [0.3, 0.4) is 0 Å². The number of thiophene rings is 2. The Bertz CT molecular complexity index is 3480. The standard InChI is InChI=1S/C53H31N5S2/c1-2-10-32(11-3-1)51-56-52(34-20-18-33(19-21-34)50-54-31-37-12-4-7-15-45(37)55-50)58-53(57-51)40-27-38(35-22-24-48-43(29-35)41-13-5-8-16-46(41)59-48)26-39(28-40)36-23-25-49-44(30-36)42-14-6-9-17-47(42)60-49/h1-31H. The van der Waals surface area contributed by atoms with Gasteiger partial charge >= 0.3 is 0 Å². The molecule has 0 unspecified atom stereocenters. The van der Waals surface area contributed by atoms with Crippen LogP contribution in [0.15, 0.2) is 188 Å². The highest BCUT2D eigenvalue weighted by Gasteiger charge is 2.17. The fourth-order valence-electron chi connectivity index (χ4n) is 8.13. The van der Waals surface area contributed by atoms with Gasteiger partial charge in [-0.3, -0.25) is 0 Å². The van der Waals surface area contributed by atoms with Gasteiger partial charge in [-0.1, -0.05) is 121 Å². The van der Waals surface area contributed by atoms with E-state index in [4.69, 9.17) is 19.9 Å². The van der Waals surface area contributed by atoms with Gasteiger partial charge in [0.2, 0.25) is 0 Å². The highest BCUT2D eigenvalue weighted by atomic mass is 32.1. The van der Waals surface area contributed by atoms with Crippen LogP contribution in [0.5, 0.6) is 0 Å². The molecule has 4 aromatic heterocycles. The largest absolute Gasteiger partial charge is 0.236 e. The smallest absolute Gasteiger partial charge is 0.164 e. The molecule has 0 atom stereocenters. The number of rotatable bonds is 6. The summed E-state index contributed by atoms with van der Waals surface area (Å²) in [6, 6.07) is 64.1. The van der Waals surface area contributed by atoms with Gasteiger partial charge < -0.3 is 0 Å². The highest BCUT2D eigenvalue weighted by molar-refractivity contribution is 7.26. The van der Waals surface area contributed by atoms with Crippen LogP contribution >= 0.6 is 22.7 Å². The lowest BCUT2D eigenvalue weighted by molar-refractivity contribution is 1.07. The van der Waals surface area contributed by atoms with E-state index in [0.717, 1.165) is 55.4 Å². The van der Waals surface area contributed by atoms with E-state index < -0.39 is 0 Å². The normalized spacial score (nSPS) is 11.7. The van der Waals surface area contributed by atoms with Crippen molar-refractivity contribution in [1.82, 2.24) is 24.9 Å². The van der Waals surface area contributed by atoms with Crippen LogP contribution in [-0.4, -0.2) is 24.9 Å². The van der Waals surface area contributed by atoms with Crippen LogP contribution < -0.4 is 0 Å². The molecule has 0 aliphatic carbocycles. The summed E-state index contributed by atoms with van der Waals surface area (Å²) in [5.74, 6) is 2.48. The Hall–Kier alpha value is -7.45. The van der Waals surface area contributed by atoms with Gasteiger partial charge in [-0.25, -0.2) is 24.9 Å². The molecule has 12 aromatic rings. The van der Waals surface area contributed by atoms with Crippen molar-refractivity contribution in [2.75, 3.05) is 0 Å². The lowest BCUT2D eigenvalue weighted by Gasteiger charge is -2.13. The van der Waals surface area contributed by atoms with Crippen LogP contribution in [-0.2, 0) is 0 Å². The molecule has 0 amide bonds. The zero-order chi connectivity index (χ0) is 39.6. The maximum Gasteiger partial charge on any atom is 0.164 e. The monoisotopic (exact) mass is 801 g/mol. The molecule has 7 heteroatoms. The third kappa shape index (κ3) is 6.11. The summed E-state index contributed by atoms with van der Waals surface area (Å²) >= 11 is 3.67. The van der Waals surface area contributed by atoms with Gasteiger partial charge in [-0.05, 0) is 82.9 Å². The van der Waals surface area contributed by atoms with Crippen molar-refractivity contribution in [2.45, 2.75) is 0 Å². The molecule has 0 bridgehead atoms. The zero-order valence-electron chi connectivity index (χ0n) is 32.0. The van der Waals surface area contributed by atoms with Gasteiger partial charge in [-0.15, -0.1) is 22.7 Å². The number of aromatic nitrogens is 5. The molecule has 0 saturated carbocycles. The quantitative estimate of drug-likeness (QED) is 0.168. The van der Waals surface area contributed by atoms with Crippen molar-refractivity contribution >= 4 is 73.9 Å². The molecular formula is C53H31N5S2. The molecule has 0 N–H and O–H groups in total. The molecule has 280 valence electrons. The first-order valence-corrected chi connectivity index (χ1v) is 21.4. The van der Waals surface area contributed by atoms with Crippen LogP contribution in [0.25, 0.3) is 119 Å². The maximum atomic E-state index is 5.23. The van der Waals surface area contributed by atoms with Crippen molar-refractivity contribution in [3.8, 4) is 67.8 Å². The summed E-state index contributed by atoms with van der Waals surface area (Å²) in [6.45, 7) is 0. The van der Waals surface area contributed by atoms with Crippen LogP contribution in [0.2, 0.25) is 0 Å². The summed E-state index contributed by atoms with van der Waals surface area (Å²) in [5.41, 5.74) is 9.01. The average Bonchev–Trinajstić information content (AvgIpc) is 3.89. The molecule has 0 aliphatic rings.